The van der Waals surface area contributed by atoms with Gasteiger partial charge >= 0.3 is 0 Å². The molecule has 1 aromatic heterocycles. The molecule has 2 aromatic carbocycles. The number of nitrogens with zero attached hydrogens (tertiary/aromatic N) is 2. The van der Waals surface area contributed by atoms with E-state index in [9.17, 15) is 13.2 Å². The highest BCUT2D eigenvalue weighted by molar-refractivity contribution is 9.10. The summed E-state index contributed by atoms with van der Waals surface area (Å²) in [6.07, 6.45) is 0. The molecule has 0 spiro atoms. The number of hydrogen-bond acceptors (Lipinski definition) is 5. The summed E-state index contributed by atoms with van der Waals surface area (Å²) >= 11 is 3.40. The summed E-state index contributed by atoms with van der Waals surface area (Å²) < 4.78 is 38.7. The summed E-state index contributed by atoms with van der Waals surface area (Å²) in [6, 6.07) is 13.5. The molecule has 0 N–H and O–H groups in total. The van der Waals surface area contributed by atoms with Gasteiger partial charge in [0.05, 0.1) is 12.0 Å². The van der Waals surface area contributed by atoms with Gasteiger partial charge < -0.3 is 14.1 Å². The number of piperazine rings is 1. The van der Waals surface area contributed by atoms with Crippen molar-refractivity contribution in [3.8, 4) is 5.75 Å². The molecule has 2 heterocycles. The lowest BCUT2D eigenvalue weighted by molar-refractivity contribution is 0.0668. The van der Waals surface area contributed by atoms with Crippen LogP contribution in [0.25, 0.3) is 11.0 Å². The third-order valence-electron chi connectivity index (χ3n) is 4.91. The van der Waals surface area contributed by atoms with Crippen molar-refractivity contribution in [3.05, 3.63) is 58.8 Å². The summed E-state index contributed by atoms with van der Waals surface area (Å²) in [5.74, 6) is 0.612. The lowest BCUT2D eigenvalue weighted by Gasteiger charge is -2.33. The van der Waals surface area contributed by atoms with Crippen LogP contribution in [0.3, 0.4) is 0 Å². The second-order valence-corrected chi connectivity index (χ2v) is 9.52. The van der Waals surface area contributed by atoms with Gasteiger partial charge in [0.1, 0.15) is 11.3 Å². The monoisotopic (exact) mass is 478 g/mol. The van der Waals surface area contributed by atoms with Crippen LogP contribution in [-0.2, 0) is 10.0 Å². The first kappa shape index (κ1) is 19.9. The van der Waals surface area contributed by atoms with Crippen molar-refractivity contribution in [2.24, 2.45) is 0 Å². The minimum atomic E-state index is -3.61. The molecule has 1 amide bonds. The van der Waals surface area contributed by atoms with E-state index >= 15 is 0 Å². The number of fused-ring (bicyclic) bond motifs is 1. The summed E-state index contributed by atoms with van der Waals surface area (Å²) in [5.41, 5.74) is 0.636. The van der Waals surface area contributed by atoms with Gasteiger partial charge in [0.2, 0.25) is 10.0 Å². The fraction of sp³-hybridized carbons (Fsp3) is 0.250. The topological polar surface area (TPSA) is 80.1 Å². The first-order chi connectivity index (χ1) is 13.9. The van der Waals surface area contributed by atoms with Gasteiger partial charge in [-0.1, -0.05) is 15.9 Å². The van der Waals surface area contributed by atoms with E-state index in [2.05, 4.69) is 15.9 Å². The van der Waals surface area contributed by atoms with E-state index in [4.69, 9.17) is 9.15 Å². The number of hydrogen-bond donors (Lipinski definition) is 0. The summed E-state index contributed by atoms with van der Waals surface area (Å²) in [5, 5.41) is 0.837. The molecule has 1 saturated heterocycles. The molecular formula is C20H19BrN2O5S. The van der Waals surface area contributed by atoms with Crippen molar-refractivity contribution in [2.75, 3.05) is 33.3 Å². The maximum atomic E-state index is 12.8. The standard InChI is InChI=1S/C20H19BrN2O5S/c1-27-16-3-5-17(6-4-16)29(25,26)23-10-8-22(9-11-23)20(24)19-13-14-12-15(21)2-7-18(14)28-19/h2-7,12-13H,8-11H2,1H3. The van der Waals surface area contributed by atoms with Crippen LogP contribution in [0.15, 0.2) is 62.3 Å². The minimum Gasteiger partial charge on any atom is -0.497 e. The number of sulfonamides is 1. The van der Waals surface area contributed by atoms with E-state index in [1.165, 1.54) is 23.5 Å². The van der Waals surface area contributed by atoms with Gasteiger partial charge in [0.15, 0.2) is 5.76 Å². The molecule has 0 unspecified atom stereocenters. The molecule has 0 saturated carbocycles. The van der Waals surface area contributed by atoms with Crippen LogP contribution in [0.2, 0.25) is 0 Å². The van der Waals surface area contributed by atoms with Gasteiger partial charge in [0.25, 0.3) is 5.91 Å². The second-order valence-electron chi connectivity index (χ2n) is 6.66. The number of rotatable bonds is 4. The van der Waals surface area contributed by atoms with E-state index in [0.717, 1.165) is 9.86 Å². The van der Waals surface area contributed by atoms with Crippen molar-refractivity contribution >= 4 is 42.8 Å². The Labute approximate surface area is 177 Å². The van der Waals surface area contributed by atoms with Crippen molar-refractivity contribution < 1.29 is 22.4 Å². The third kappa shape index (κ3) is 3.90. The lowest BCUT2D eigenvalue weighted by Crippen LogP contribution is -2.50. The van der Waals surface area contributed by atoms with E-state index in [0.29, 0.717) is 24.4 Å². The molecule has 4 rings (SSSR count). The van der Waals surface area contributed by atoms with Crippen LogP contribution in [0.5, 0.6) is 5.75 Å². The highest BCUT2D eigenvalue weighted by Crippen LogP contribution is 2.25. The van der Waals surface area contributed by atoms with Gasteiger partial charge in [-0.15, -0.1) is 0 Å². The molecule has 29 heavy (non-hydrogen) atoms. The molecule has 9 heteroatoms. The summed E-state index contributed by atoms with van der Waals surface area (Å²) in [4.78, 5) is 14.6. The van der Waals surface area contributed by atoms with E-state index in [-0.39, 0.29) is 29.7 Å². The molecular weight excluding hydrogens is 460 g/mol. The SMILES string of the molecule is COc1ccc(S(=O)(=O)N2CCN(C(=O)c3cc4cc(Br)ccc4o3)CC2)cc1. The molecule has 0 aliphatic carbocycles. The normalized spacial score (nSPS) is 15.6. The molecule has 0 atom stereocenters. The predicted octanol–water partition coefficient (Wildman–Crippen LogP) is 3.35. The Bertz CT molecular complexity index is 1150. The number of ether oxygens (including phenoxy) is 1. The molecule has 7 nitrogen and oxygen atoms in total. The van der Waals surface area contributed by atoms with Gasteiger partial charge in [-0.05, 0) is 48.5 Å². The number of amides is 1. The van der Waals surface area contributed by atoms with E-state index in [1.54, 1.807) is 29.2 Å². The summed E-state index contributed by atoms with van der Waals surface area (Å²) in [7, 11) is -2.09. The summed E-state index contributed by atoms with van der Waals surface area (Å²) in [6.45, 7) is 1.06. The Morgan fingerprint density at radius 3 is 2.38 bits per heavy atom. The first-order valence-electron chi connectivity index (χ1n) is 9.01. The van der Waals surface area contributed by atoms with Crippen LogP contribution in [0.1, 0.15) is 10.6 Å². The van der Waals surface area contributed by atoms with Crippen molar-refractivity contribution in [1.82, 2.24) is 9.21 Å². The Balaban J connectivity index is 1.45. The van der Waals surface area contributed by atoms with E-state index in [1.807, 2.05) is 12.1 Å². The van der Waals surface area contributed by atoms with Gasteiger partial charge in [-0.3, -0.25) is 4.79 Å². The molecule has 0 radical (unpaired) electrons. The maximum absolute atomic E-state index is 12.8. The number of methoxy groups -OCH3 is 1. The van der Waals surface area contributed by atoms with Gasteiger partial charge in [-0.2, -0.15) is 4.31 Å². The number of carbonyl (C=O) groups excluding carboxylic acids is 1. The maximum Gasteiger partial charge on any atom is 0.289 e. The second kappa shape index (κ2) is 7.81. The van der Waals surface area contributed by atoms with Crippen molar-refractivity contribution in [2.45, 2.75) is 4.90 Å². The molecule has 3 aromatic rings. The van der Waals surface area contributed by atoms with Gasteiger partial charge in [-0.25, -0.2) is 8.42 Å². The minimum absolute atomic E-state index is 0.209. The van der Waals surface area contributed by atoms with Gasteiger partial charge in [0, 0.05) is 36.0 Å². The van der Waals surface area contributed by atoms with Crippen LogP contribution < -0.4 is 4.74 Å². The van der Waals surface area contributed by atoms with Crippen LogP contribution in [0.4, 0.5) is 0 Å². The fourth-order valence-electron chi connectivity index (χ4n) is 3.30. The largest absolute Gasteiger partial charge is 0.497 e. The fourth-order valence-corrected chi connectivity index (χ4v) is 5.10. The smallest absolute Gasteiger partial charge is 0.289 e. The Hall–Kier alpha value is -2.36. The zero-order valence-corrected chi connectivity index (χ0v) is 18.1. The van der Waals surface area contributed by atoms with Crippen LogP contribution in [0, 0.1) is 0 Å². The zero-order chi connectivity index (χ0) is 20.6. The van der Waals surface area contributed by atoms with E-state index < -0.39 is 10.0 Å². The Morgan fingerprint density at radius 2 is 1.72 bits per heavy atom. The molecule has 1 aliphatic heterocycles. The number of benzene rings is 2. The van der Waals surface area contributed by atoms with Crippen molar-refractivity contribution in [1.29, 1.82) is 0 Å². The van der Waals surface area contributed by atoms with Crippen molar-refractivity contribution in [3.63, 3.8) is 0 Å². The highest BCUT2D eigenvalue weighted by atomic mass is 79.9. The number of carbonyl (C=O) groups is 1. The average molecular weight is 479 g/mol. The predicted molar refractivity (Wildman–Crippen MR) is 112 cm³/mol. The highest BCUT2D eigenvalue weighted by Gasteiger charge is 2.31. The molecule has 152 valence electrons. The Kier molecular flexibility index (Phi) is 5.37. The number of furan rings is 1. The molecule has 0 bridgehead atoms. The zero-order valence-electron chi connectivity index (χ0n) is 15.7. The van der Waals surface area contributed by atoms with Crippen LogP contribution >= 0.6 is 15.9 Å². The molecule has 1 aliphatic rings. The lowest BCUT2D eigenvalue weighted by atomic mass is 10.2. The Morgan fingerprint density at radius 1 is 1.03 bits per heavy atom. The quantitative estimate of drug-likeness (QED) is 0.574. The first-order valence-corrected chi connectivity index (χ1v) is 11.2. The molecule has 1 fully saturated rings. The third-order valence-corrected chi connectivity index (χ3v) is 7.32. The number of halogens is 1. The van der Waals surface area contributed by atoms with Crippen LogP contribution in [-0.4, -0.2) is 56.8 Å². The average Bonchev–Trinajstić information content (AvgIpc) is 3.16.